The van der Waals surface area contributed by atoms with E-state index in [4.69, 9.17) is 4.74 Å². The number of hydrogen-bond acceptors (Lipinski definition) is 6. The second-order valence-corrected chi connectivity index (χ2v) is 9.08. The van der Waals surface area contributed by atoms with Crippen LogP contribution in [0.15, 0.2) is 45.9 Å². The predicted molar refractivity (Wildman–Crippen MR) is 124 cm³/mol. The van der Waals surface area contributed by atoms with Gasteiger partial charge in [-0.2, -0.15) is 11.3 Å². The van der Waals surface area contributed by atoms with Crippen LogP contribution in [0.2, 0.25) is 0 Å². The van der Waals surface area contributed by atoms with Gasteiger partial charge < -0.3 is 9.64 Å². The van der Waals surface area contributed by atoms with Crippen molar-refractivity contribution in [1.29, 1.82) is 0 Å². The summed E-state index contributed by atoms with van der Waals surface area (Å²) in [6.45, 7) is 3.81. The van der Waals surface area contributed by atoms with Gasteiger partial charge in [-0.05, 0) is 60.4 Å². The second kappa shape index (κ2) is 9.03. The third kappa shape index (κ3) is 4.40. The highest BCUT2D eigenvalue weighted by Crippen LogP contribution is 2.31. The van der Waals surface area contributed by atoms with Gasteiger partial charge in [0.05, 0.1) is 17.2 Å². The van der Waals surface area contributed by atoms with Gasteiger partial charge >= 0.3 is 5.97 Å². The average Bonchev–Trinajstić information content (AvgIpc) is 3.43. The smallest absolute Gasteiger partial charge is 0.333 e. The van der Waals surface area contributed by atoms with E-state index < -0.39 is 5.97 Å². The largest absolute Gasteiger partial charge is 0.463 e. The summed E-state index contributed by atoms with van der Waals surface area (Å²) in [4.78, 5) is 40.2. The fourth-order valence-corrected chi connectivity index (χ4v) is 5.39. The molecule has 3 aromatic rings. The zero-order chi connectivity index (χ0) is 22.0. The number of thiazole rings is 1. The van der Waals surface area contributed by atoms with E-state index in [1.165, 1.54) is 33.3 Å². The number of carbonyl (C=O) groups excluding carboxylic acids is 2. The zero-order valence-corrected chi connectivity index (χ0v) is 18.9. The number of para-hydroxylation sites is 1. The van der Waals surface area contributed by atoms with Gasteiger partial charge in [-0.15, -0.1) is 11.3 Å². The van der Waals surface area contributed by atoms with Crippen molar-refractivity contribution in [3.8, 4) is 0 Å². The summed E-state index contributed by atoms with van der Waals surface area (Å²) in [5.74, 6) is -0.718. The number of carbonyl (C=O) groups is 2. The van der Waals surface area contributed by atoms with Crippen LogP contribution in [0, 0.1) is 0 Å². The molecular weight excluding hydrogens is 432 g/mol. The van der Waals surface area contributed by atoms with Crippen LogP contribution in [0.25, 0.3) is 12.2 Å². The Morgan fingerprint density at radius 3 is 2.81 bits per heavy atom. The van der Waals surface area contributed by atoms with E-state index in [9.17, 15) is 14.4 Å². The molecule has 0 aliphatic carbocycles. The Balaban J connectivity index is 1.75. The molecular formula is C23H22N2O4S2. The van der Waals surface area contributed by atoms with Crippen molar-refractivity contribution in [3.05, 3.63) is 71.8 Å². The molecule has 8 heteroatoms. The van der Waals surface area contributed by atoms with Gasteiger partial charge in [0.2, 0.25) is 5.91 Å². The molecule has 0 radical (unpaired) electrons. The highest BCUT2D eigenvalue weighted by atomic mass is 32.1. The molecule has 6 nitrogen and oxygen atoms in total. The highest BCUT2D eigenvalue weighted by Gasteiger charge is 2.30. The molecule has 1 aliphatic rings. The molecule has 1 aromatic carbocycles. The Morgan fingerprint density at radius 2 is 2.06 bits per heavy atom. The van der Waals surface area contributed by atoms with Gasteiger partial charge in [0.15, 0.2) is 0 Å². The molecule has 1 atom stereocenters. The number of anilines is 1. The van der Waals surface area contributed by atoms with Crippen LogP contribution in [0.4, 0.5) is 5.69 Å². The summed E-state index contributed by atoms with van der Waals surface area (Å²) in [5, 5.41) is 3.87. The van der Waals surface area contributed by atoms with Gasteiger partial charge in [-0.1, -0.05) is 18.2 Å². The van der Waals surface area contributed by atoms with Crippen molar-refractivity contribution in [2.24, 2.45) is 0 Å². The standard InChI is InChI=1S/C23H22N2O4S2/c1-3-29-22(27)12-21-24(23(28)19(31-21)11-16-8-9-30-14-16)13-20(26)25-15(2)10-17-6-4-5-7-18(17)25/h4-9,11-12,14-15H,3,10,13H2,1-2H3/b19-11-,21-12-. The number of benzene rings is 1. The van der Waals surface area contributed by atoms with Crippen molar-refractivity contribution in [3.63, 3.8) is 0 Å². The molecule has 1 unspecified atom stereocenters. The lowest BCUT2D eigenvalue weighted by Gasteiger charge is -2.22. The first-order valence-electron chi connectivity index (χ1n) is 10.00. The van der Waals surface area contributed by atoms with Crippen LogP contribution in [-0.4, -0.2) is 29.1 Å². The average molecular weight is 455 g/mol. The third-order valence-electron chi connectivity index (χ3n) is 5.07. The fourth-order valence-electron chi connectivity index (χ4n) is 3.74. The second-order valence-electron chi connectivity index (χ2n) is 7.24. The summed E-state index contributed by atoms with van der Waals surface area (Å²) in [6, 6.07) is 9.73. The third-order valence-corrected chi connectivity index (χ3v) is 6.84. The quantitative estimate of drug-likeness (QED) is 0.554. The van der Waals surface area contributed by atoms with Crippen molar-refractivity contribution in [1.82, 2.24) is 4.57 Å². The van der Waals surface area contributed by atoms with Crippen molar-refractivity contribution in [2.75, 3.05) is 11.5 Å². The van der Waals surface area contributed by atoms with E-state index in [0.717, 1.165) is 23.2 Å². The first kappa shape index (κ1) is 21.3. The summed E-state index contributed by atoms with van der Waals surface area (Å²) in [5.41, 5.74) is 2.61. The Hall–Kier alpha value is -2.97. The van der Waals surface area contributed by atoms with E-state index in [0.29, 0.717) is 9.20 Å². The Morgan fingerprint density at radius 1 is 1.26 bits per heavy atom. The predicted octanol–water partition coefficient (Wildman–Crippen LogP) is 2.12. The fraction of sp³-hybridized carbons (Fsp3) is 0.261. The molecule has 31 heavy (non-hydrogen) atoms. The Labute approximate surface area is 187 Å². The summed E-state index contributed by atoms with van der Waals surface area (Å²) >= 11 is 2.72. The van der Waals surface area contributed by atoms with Crippen molar-refractivity contribution >= 4 is 52.4 Å². The van der Waals surface area contributed by atoms with Crippen LogP contribution in [0.3, 0.4) is 0 Å². The molecule has 0 spiro atoms. The lowest BCUT2D eigenvalue weighted by Crippen LogP contribution is -2.42. The van der Waals surface area contributed by atoms with E-state index in [1.54, 1.807) is 17.9 Å². The highest BCUT2D eigenvalue weighted by molar-refractivity contribution is 7.08. The van der Waals surface area contributed by atoms with E-state index in [2.05, 4.69) is 0 Å². The number of thiophene rings is 1. The maximum atomic E-state index is 13.3. The minimum atomic E-state index is -0.535. The molecule has 0 N–H and O–H groups in total. The number of aromatic nitrogens is 1. The van der Waals surface area contributed by atoms with Gasteiger partial charge in [-0.3, -0.25) is 14.2 Å². The molecule has 0 saturated carbocycles. The first-order valence-corrected chi connectivity index (χ1v) is 11.8. The molecule has 3 heterocycles. The topological polar surface area (TPSA) is 68.6 Å². The van der Waals surface area contributed by atoms with Crippen LogP contribution in [-0.2, 0) is 27.3 Å². The van der Waals surface area contributed by atoms with Crippen LogP contribution >= 0.6 is 22.7 Å². The Kier molecular flexibility index (Phi) is 6.20. The minimum absolute atomic E-state index is 0.00793. The number of nitrogens with zero attached hydrogens (tertiary/aromatic N) is 2. The monoisotopic (exact) mass is 454 g/mol. The summed E-state index contributed by atoms with van der Waals surface area (Å²) < 4.78 is 7.26. The molecule has 0 saturated heterocycles. The van der Waals surface area contributed by atoms with Gasteiger partial charge in [-0.25, -0.2) is 4.79 Å². The van der Waals surface area contributed by atoms with Crippen molar-refractivity contribution < 1.29 is 14.3 Å². The van der Waals surface area contributed by atoms with Crippen LogP contribution < -0.4 is 19.7 Å². The number of amides is 1. The van der Waals surface area contributed by atoms with Crippen LogP contribution in [0.5, 0.6) is 0 Å². The molecule has 1 amide bonds. The number of esters is 1. The number of rotatable bonds is 5. The van der Waals surface area contributed by atoms with Crippen molar-refractivity contribution in [2.45, 2.75) is 32.9 Å². The van der Waals surface area contributed by atoms with E-state index in [-0.39, 0.29) is 30.7 Å². The first-order chi connectivity index (χ1) is 15.0. The van der Waals surface area contributed by atoms with Crippen LogP contribution in [0.1, 0.15) is 25.0 Å². The minimum Gasteiger partial charge on any atom is -0.463 e. The number of ether oxygens (including phenoxy) is 1. The maximum Gasteiger partial charge on any atom is 0.333 e. The molecule has 2 aromatic heterocycles. The Bertz CT molecular complexity index is 1290. The SMILES string of the molecule is CCOC(=O)/C=c1\s/c(=C\c2ccsc2)c(=O)n1CC(=O)N1c2ccccc2CC1C. The van der Waals surface area contributed by atoms with E-state index >= 15 is 0 Å². The van der Waals surface area contributed by atoms with Gasteiger partial charge in [0.1, 0.15) is 11.2 Å². The molecule has 4 rings (SSSR count). The van der Waals surface area contributed by atoms with Gasteiger partial charge in [0, 0.05) is 11.7 Å². The van der Waals surface area contributed by atoms with E-state index in [1.807, 2.05) is 48.0 Å². The number of fused-ring (bicyclic) bond motifs is 1. The lowest BCUT2D eigenvalue weighted by atomic mass is 10.1. The molecule has 0 fully saturated rings. The molecule has 1 aliphatic heterocycles. The number of hydrogen-bond donors (Lipinski definition) is 0. The molecule has 160 valence electrons. The normalized spacial score (nSPS) is 16.6. The molecule has 0 bridgehead atoms. The maximum absolute atomic E-state index is 13.3. The lowest BCUT2D eigenvalue weighted by molar-refractivity contribution is -0.135. The summed E-state index contributed by atoms with van der Waals surface area (Å²) in [6.07, 6.45) is 3.84. The zero-order valence-electron chi connectivity index (χ0n) is 17.2. The van der Waals surface area contributed by atoms with Gasteiger partial charge in [0.25, 0.3) is 5.56 Å². The summed E-state index contributed by atoms with van der Waals surface area (Å²) in [7, 11) is 0.